The third-order valence-electron chi connectivity index (χ3n) is 18.8. The molecule has 12 bridgehead atoms. The number of hydrogen-bond acceptors (Lipinski definition) is 0. The Morgan fingerprint density at radius 2 is 0.641 bits per heavy atom. The molecule has 0 unspecified atom stereocenters. The number of imidazole rings is 2. The molecule has 0 fully saturated rings. The number of rotatable bonds is 24. The molecule has 0 N–H and O–H groups in total. The number of para-hydroxylation sites is 4. The first-order chi connectivity index (χ1) is 37.5. The summed E-state index contributed by atoms with van der Waals surface area (Å²) in [4.78, 5) is 0. The van der Waals surface area contributed by atoms with Crippen molar-refractivity contribution in [3.05, 3.63) is 178 Å². The van der Waals surface area contributed by atoms with Crippen LogP contribution in [0.5, 0.6) is 0 Å². The lowest BCUT2D eigenvalue weighted by atomic mass is 9.70. The third kappa shape index (κ3) is 11.7. The Labute approximate surface area is 490 Å². The molecule has 6 aromatic carbocycles. The summed E-state index contributed by atoms with van der Waals surface area (Å²) in [6.07, 6.45) is 35.9. The van der Waals surface area contributed by atoms with E-state index in [4.69, 9.17) is 0 Å². The van der Waals surface area contributed by atoms with Crippen LogP contribution in [0.2, 0.25) is 0 Å². The number of benzene rings is 6. The molecule has 3 heterocycles. The summed E-state index contributed by atoms with van der Waals surface area (Å²) in [6.45, 7) is 12.8. The first-order valence-corrected chi connectivity index (χ1v) is 31.0. The number of aromatic nitrogens is 4. The summed E-state index contributed by atoms with van der Waals surface area (Å²) in [5.41, 5.74) is 23.2. The Hall–Kier alpha value is -4.78. The lowest BCUT2D eigenvalue weighted by Gasteiger charge is -2.33. The zero-order valence-corrected chi connectivity index (χ0v) is 51.2. The van der Waals surface area contributed by atoms with Gasteiger partial charge in [0.05, 0.1) is 0 Å². The molecule has 2 aliphatic carbocycles. The molecule has 0 saturated carbocycles. The molecule has 0 radical (unpaired) electrons. The Morgan fingerprint density at radius 3 is 0.974 bits per heavy atom. The molecule has 6 heteroatoms. The Morgan fingerprint density at radius 1 is 0.346 bits per heavy atom. The number of fused-ring (bicyclic) bond motifs is 16. The van der Waals surface area contributed by atoms with E-state index in [0.29, 0.717) is 0 Å². The van der Waals surface area contributed by atoms with Crippen LogP contribution in [0.3, 0.4) is 0 Å². The van der Waals surface area contributed by atoms with Crippen molar-refractivity contribution in [1.29, 1.82) is 0 Å². The smallest absolute Gasteiger partial charge is 0.245 e. The first kappa shape index (κ1) is 57.9. The van der Waals surface area contributed by atoms with Gasteiger partial charge in [-0.25, -0.2) is 18.3 Å². The Kier molecular flexibility index (Phi) is 19.8. The van der Waals surface area contributed by atoms with E-state index in [1.807, 2.05) is 0 Å². The minimum absolute atomic E-state index is 0. The standard InChI is InChI=1S/C72H90N4.2BrH/c1-5-9-13-17-25-41-71(42-26-18-14-10-6-2)63-45-55-33-37-59(63)60-38-34-56(46-64(60)71)50-74-54-76(70-32-24-22-30-68(70)74)52-58-36-40-62-61-39-35-57(51-75-53-73(49-55)67-29-21-23-31-69(67)75)47-65(61)72(66(62)48-58,43-27-19-15-11-7-3)44-28-20-16-12-8-4;;/h21-24,29-40,45-48,53-54H,5-20,25-28,41-44,49-52H2,1-4H3;2*1H/q+2;;/p-2. The predicted molar refractivity (Wildman–Crippen MR) is 319 cm³/mol. The van der Waals surface area contributed by atoms with E-state index in [0.717, 1.165) is 26.2 Å². The molecule has 0 spiro atoms. The molecule has 412 valence electrons. The maximum atomic E-state index is 2.68. The van der Waals surface area contributed by atoms with E-state index < -0.39 is 0 Å². The normalized spacial score (nSPS) is 14.4. The topological polar surface area (TPSA) is 17.6 Å². The van der Waals surface area contributed by atoms with Crippen LogP contribution in [-0.2, 0) is 37.0 Å². The summed E-state index contributed by atoms with van der Waals surface area (Å²) in [5, 5.41) is 0. The average molecular weight is 1170 g/mol. The minimum atomic E-state index is 0. The van der Waals surface area contributed by atoms with Gasteiger partial charge in [0.15, 0.2) is 22.1 Å². The maximum absolute atomic E-state index is 2.68. The molecule has 0 amide bonds. The fourth-order valence-corrected chi connectivity index (χ4v) is 14.8. The van der Waals surface area contributed by atoms with Crippen molar-refractivity contribution in [3.63, 3.8) is 0 Å². The summed E-state index contributed by atoms with van der Waals surface area (Å²) >= 11 is 0. The molecule has 1 aliphatic heterocycles. The average Bonchev–Trinajstić information content (AvgIpc) is 4.35. The van der Waals surface area contributed by atoms with Gasteiger partial charge in [-0.3, -0.25) is 0 Å². The van der Waals surface area contributed by atoms with Gasteiger partial charge >= 0.3 is 0 Å². The summed E-state index contributed by atoms with van der Waals surface area (Å²) in [5.74, 6) is 0. The highest BCUT2D eigenvalue weighted by atomic mass is 79.9. The second-order valence-electron chi connectivity index (χ2n) is 24.1. The van der Waals surface area contributed by atoms with Gasteiger partial charge in [0.2, 0.25) is 12.7 Å². The SMILES string of the molecule is CCCCCCCC1(CCCCCCC)c2cc3ccc2-c2ccc(cc21)Cn1c[n+](c2ccccc21)Cc1ccc2c(c1)C(CCCCCCC)(CCCCCCC)c1cc(ccc1-2)C[n+]1cn(c2ccccc21)C3.[Br-].[Br-]. The zero-order valence-electron chi connectivity index (χ0n) is 48.0. The van der Waals surface area contributed by atoms with Crippen LogP contribution in [0.25, 0.3) is 44.3 Å². The quantitative estimate of drug-likeness (QED) is 0.0424. The molecule has 2 aromatic heterocycles. The van der Waals surface area contributed by atoms with Gasteiger partial charge in [-0.1, -0.05) is 253 Å². The minimum Gasteiger partial charge on any atom is -1.00 e. The number of hydrogen-bond donors (Lipinski definition) is 0. The Bertz CT molecular complexity index is 2840. The van der Waals surface area contributed by atoms with E-state index in [1.165, 1.54) is 221 Å². The van der Waals surface area contributed by atoms with Gasteiger partial charge in [-0.05, 0) is 117 Å². The van der Waals surface area contributed by atoms with Crippen molar-refractivity contribution in [2.45, 2.75) is 219 Å². The third-order valence-corrected chi connectivity index (χ3v) is 18.8. The van der Waals surface area contributed by atoms with Gasteiger partial charge < -0.3 is 34.0 Å². The van der Waals surface area contributed by atoms with E-state index in [2.05, 4.69) is 180 Å². The maximum Gasteiger partial charge on any atom is 0.245 e. The highest BCUT2D eigenvalue weighted by Gasteiger charge is 2.44. The van der Waals surface area contributed by atoms with Gasteiger partial charge in [0, 0.05) is 10.8 Å². The van der Waals surface area contributed by atoms with E-state index >= 15 is 0 Å². The molecule has 4 nitrogen and oxygen atoms in total. The lowest BCUT2D eigenvalue weighted by Crippen LogP contribution is -3.00. The first-order valence-electron chi connectivity index (χ1n) is 31.0. The molecule has 11 rings (SSSR count). The van der Waals surface area contributed by atoms with Gasteiger partial charge in [0.1, 0.15) is 26.2 Å². The van der Waals surface area contributed by atoms with Crippen molar-refractivity contribution in [2.24, 2.45) is 0 Å². The van der Waals surface area contributed by atoms with Crippen LogP contribution in [0.15, 0.2) is 134 Å². The molecular formula is C72H90Br2N4. The van der Waals surface area contributed by atoms with Crippen LogP contribution in [0.4, 0.5) is 0 Å². The van der Waals surface area contributed by atoms with Crippen LogP contribution >= 0.6 is 0 Å². The highest BCUT2D eigenvalue weighted by molar-refractivity contribution is 5.83. The molecule has 3 aliphatic rings. The zero-order chi connectivity index (χ0) is 51.9. The fourth-order valence-electron chi connectivity index (χ4n) is 14.8. The van der Waals surface area contributed by atoms with Crippen LogP contribution < -0.4 is 43.1 Å². The van der Waals surface area contributed by atoms with E-state index in [1.54, 1.807) is 22.3 Å². The summed E-state index contributed by atoms with van der Waals surface area (Å²) in [7, 11) is 0. The van der Waals surface area contributed by atoms with E-state index in [-0.39, 0.29) is 44.8 Å². The molecule has 8 aromatic rings. The van der Waals surface area contributed by atoms with E-state index in [9.17, 15) is 0 Å². The monoisotopic (exact) mass is 1170 g/mol. The van der Waals surface area contributed by atoms with Crippen LogP contribution in [0.1, 0.15) is 226 Å². The summed E-state index contributed by atoms with van der Waals surface area (Å²) in [6, 6.07) is 49.1. The van der Waals surface area contributed by atoms with Crippen molar-refractivity contribution >= 4 is 22.1 Å². The van der Waals surface area contributed by atoms with Gasteiger partial charge in [-0.15, -0.1) is 0 Å². The number of halogens is 2. The van der Waals surface area contributed by atoms with Gasteiger partial charge in [0.25, 0.3) is 0 Å². The second kappa shape index (κ2) is 26.7. The van der Waals surface area contributed by atoms with Crippen molar-refractivity contribution < 1.29 is 43.1 Å². The number of unbranched alkanes of at least 4 members (excludes halogenated alkanes) is 16. The predicted octanol–water partition coefficient (Wildman–Crippen LogP) is 12.7. The Balaban J connectivity index is 0.00000370. The molecule has 78 heavy (non-hydrogen) atoms. The molecule has 0 atom stereocenters. The fraction of sp³-hybridized carbons (Fsp3) is 0.472. The molecular weight excluding hydrogens is 1080 g/mol. The van der Waals surface area contributed by atoms with Crippen LogP contribution in [0, 0.1) is 0 Å². The molecule has 0 saturated heterocycles. The van der Waals surface area contributed by atoms with Crippen LogP contribution in [-0.4, -0.2) is 9.13 Å². The summed E-state index contributed by atoms with van der Waals surface area (Å²) < 4.78 is 10.2. The highest BCUT2D eigenvalue weighted by Crippen LogP contribution is 2.56. The van der Waals surface area contributed by atoms with Gasteiger partial charge in [-0.2, -0.15) is 0 Å². The largest absolute Gasteiger partial charge is 1.00 e. The second-order valence-corrected chi connectivity index (χ2v) is 24.1. The van der Waals surface area contributed by atoms with Crippen molar-refractivity contribution in [1.82, 2.24) is 9.13 Å². The van der Waals surface area contributed by atoms with Crippen molar-refractivity contribution in [2.75, 3.05) is 0 Å². The van der Waals surface area contributed by atoms with Crippen molar-refractivity contribution in [3.8, 4) is 22.3 Å². The number of nitrogens with zero attached hydrogens (tertiary/aromatic N) is 4. The lowest BCUT2D eigenvalue weighted by molar-refractivity contribution is -0.663.